The van der Waals surface area contributed by atoms with Gasteiger partial charge in [-0.3, -0.25) is 5.14 Å². The Balaban J connectivity index is 2.35. The Labute approximate surface area is 64.8 Å². The third kappa shape index (κ3) is 2.39. The lowest BCUT2D eigenvalue weighted by atomic mass is 10.2. The van der Waals surface area contributed by atoms with E-state index in [1.54, 1.807) is 0 Å². The minimum absolute atomic E-state index is 0.294. The summed E-state index contributed by atoms with van der Waals surface area (Å²) in [5, 5.41) is 5.60. The highest BCUT2D eigenvalue weighted by Crippen LogP contribution is 2.19. The van der Waals surface area contributed by atoms with E-state index in [4.69, 9.17) is 5.14 Å². The van der Waals surface area contributed by atoms with Gasteiger partial charge in [0.05, 0.1) is 11.0 Å². The topological polar surface area (TPSA) is 43.1 Å². The predicted molar refractivity (Wildman–Crippen MR) is 43.8 cm³/mol. The van der Waals surface area contributed by atoms with Crippen LogP contribution in [0, 0.1) is 0 Å². The summed E-state index contributed by atoms with van der Waals surface area (Å²) in [5.41, 5.74) is 0. The van der Waals surface area contributed by atoms with Crippen molar-refractivity contribution in [2.45, 2.75) is 43.8 Å². The van der Waals surface area contributed by atoms with Crippen LogP contribution in [-0.2, 0) is 11.0 Å². The summed E-state index contributed by atoms with van der Waals surface area (Å²) in [5.74, 6) is 0. The molecular weight excluding hydrogens is 146 g/mol. The highest BCUT2D eigenvalue weighted by molar-refractivity contribution is 7.83. The fourth-order valence-corrected chi connectivity index (χ4v) is 2.27. The molecule has 1 aliphatic rings. The molecule has 1 atom stereocenters. The van der Waals surface area contributed by atoms with Crippen LogP contribution in [0.2, 0.25) is 0 Å². The monoisotopic (exact) mass is 161 g/mol. The van der Waals surface area contributed by atoms with E-state index in [-0.39, 0.29) is 0 Å². The summed E-state index contributed by atoms with van der Waals surface area (Å²) in [6.45, 7) is 0. The minimum atomic E-state index is -1.06. The van der Waals surface area contributed by atoms with Crippen LogP contribution in [0.5, 0.6) is 0 Å². The summed E-state index contributed by atoms with van der Waals surface area (Å²) in [6, 6.07) is 0. The summed E-state index contributed by atoms with van der Waals surface area (Å²) >= 11 is 0. The van der Waals surface area contributed by atoms with Crippen molar-refractivity contribution in [2.75, 3.05) is 0 Å². The summed E-state index contributed by atoms with van der Waals surface area (Å²) in [4.78, 5) is 0. The molecule has 0 spiro atoms. The first-order valence-electron chi connectivity index (χ1n) is 3.95. The van der Waals surface area contributed by atoms with E-state index < -0.39 is 11.0 Å². The molecular formula is C7H15NOS. The van der Waals surface area contributed by atoms with Crippen LogP contribution in [0.15, 0.2) is 0 Å². The molecule has 1 saturated carbocycles. The molecule has 0 bridgehead atoms. The molecule has 2 N–H and O–H groups in total. The van der Waals surface area contributed by atoms with Crippen molar-refractivity contribution in [1.82, 2.24) is 0 Å². The average Bonchev–Trinajstić information content (AvgIpc) is 2.12. The molecule has 0 radical (unpaired) electrons. The Morgan fingerprint density at radius 1 is 1.10 bits per heavy atom. The van der Waals surface area contributed by atoms with E-state index in [0.717, 1.165) is 12.8 Å². The van der Waals surface area contributed by atoms with Gasteiger partial charge < -0.3 is 0 Å². The van der Waals surface area contributed by atoms with Crippen LogP contribution in [0.25, 0.3) is 0 Å². The summed E-state index contributed by atoms with van der Waals surface area (Å²) in [7, 11) is -1.06. The summed E-state index contributed by atoms with van der Waals surface area (Å²) in [6.07, 6.45) is 7.18. The number of nitrogens with two attached hydrogens (primary N) is 1. The first kappa shape index (κ1) is 8.21. The van der Waals surface area contributed by atoms with Crippen molar-refractivity contribution >= 4 is 11.0 Å². The fraction of sp³-hybridized carbons (Fsp3) is 1.00. The summed E-state index contributed by atoms with van der Waals surface area (Å²) < 4.78 is 10.8. The zero-order valence-corrected chi connectivity index (χ0v) is 7.03. The third-order valence-electron chi connectivity index (χ3n) is 2.13. The smallest absolute Gasteiger partial charge is 0.0919 e. The van der Waals surface area contributed by atoms with Crippen molar-refractivity contribution in [3.63, 3.8) is 0 Å². The fourth-order valence-electron chi connectivity index (χ4n) is 1.47. The molecule has 3 heteroatoms. The van der Waals surface area contributed by atoms with Gasteiger partial charge in [0.15, 0.2) is 0 Å². The Morgan fingerprint density at radius 2 is 1.60 bits per heavy atom. The van der Waals surface area contributed by atoms with Crippen molar-refractivity contribution in [3.05, 3.63) is 0 Å². The molecule has 0 heterocycles. The molecule has 0 aliphatic heterocycles. The van der Waals surface area contributed by atoms with Crippen LogP contribution in [0.3, 0.4) is 0 Å². The van der Waals surface area contributed by atoms with Gasteiger partial charge in [0.1, 0.15) is 0 Å². The lowest BCUT2D eigenvalue weighted by Crippen LogP contribution is -2.20. The quantitative estimate of drug-likeness (QED) is 0.579. The van der Waals surface area contributed by atoms with Gasteiger partial charge in [0.25, 0.3) is 0 Å². The van der Waals surface area contributed by atoms with Gasteiger partial charge in [-0.2, -0.15) is 0 Å². The van der Waals surface area contributed by atoms with Crippen LogP contribution >= 0.6 is 0 Å². The van der Waals surface area contributed by atoms with Gasteiger partial charge in [-0.25, -0.2) is 4.21 Å². The molecule has 0 aromatic heterocycles. The maximum Gasteiger partial charge on any atom is 0.0919 e. The number of rotatable bonds is 1. The maximum atomic E-state index is 10.8. The van der Waals surface area contributed by atoms with Gasteiger partial charge in [0, 0.05) is 5.25 Å². The Morgan fingerprint density at radius 3 is 2.00 bits per heavy atom. The lowest BCUT2D eigenvalue weighted by molar-refractivity contribution is 0.643. The largest absolute Gasteiger partial charge is 0.252 e. The van der Waals surface area contributed by atoms with Crippen LogP contribution in [0.4, 0.5) is 0 Å². The first-order chi connectivity index (χ1) is 4.80. The van der Waals surface area contributed by atoms with E-state index in [0.29, 0.717) is 5.25 Å². The maximum absolute atomic E-state index is 10.8. The minimum Gasteiger partial charge on any atom is -0.252 e. The van der Waals surface area contributed by atoms with Crippen LogP contribution in [-0.4, -0.2) is 9.46 Å². The number of hydrogen-bond donors (Lipinski definition) is 1. The SMILES string of the molecule is N[S@](=O)C1CCCCCC1. The molecule has 0 amide bonds. The van der Waals surface area contributed by atoms with Crippen LogP contribution < -0.4 is 5.14 Å². The molecule has 1 aliphatic carbocycles. The standard InChI is InChI=1S/C7H15NOS/c8-10(9)7-5-3-1-2-4-6-7/h7H,1-6,8H2/t10-/m1/s1. The molecule has 10 heavy (non-hydrogen) atoms. The number of hydrogen-bond acceptors (Lipinski definition) is 1. The molecule has 1 rings (SSSR count). The lowest BCUT2D eigenvalue weighted by Gasteiger charge is -2.07. The van der Waals surface area contributed by atoms with Gasteiger partial charge in [0.2, 0.25) is 0 Å². The van der Waals surface area contributed by atoms with Crippen molar-refractivity contribution in [2.24, 2.45) is 5.14 Å². The van der Waals surface area contributed by atoms with Gasteiger partial charge in [-0.05, 0) is 12.8 Å². The molecule has 60 valence electrons. The Kier molecular flexibility index (Phi) is 3.35. The van der Waals surface area contributed by atoms with E-state index in [2.05, 4.69) is 0 Å². The van der Waals surface area contributed by atoms with Crippen molar-refractivity contribution in [3.8, 4) is 0 Å². The second kappa shape index (κ2) is 4.09. The van der Waals surface area contributed by atoms with Gasteiger partial charge in [-0.1, -0.05) is 25.7 Å². The predicted octanol–water partition coefficient (Wildman–Crippen LogP) is 1.33. The van der Waals surface area contributed by atoms with Gasteiger partial charge in [-0.15, -0.1) is 0 Å². The molecule has 0 aromatic carbocycles. The van der Waals surface area contributed by atoms with E-state index in [1.165, 1.54) is 25.7 Å². The van der Waals surface area contributed by atoms with E-state index in [9.17, 15) is 4.21 Å². The average molecular weight is 161 g/mol. The zero-order valence-electron chi connectivity index (χ0n) is 6.21. The second-order valence-corrected chi connectivity index (χ2v) is 4.27. The zero-order chi connectivity index (χ0) is 7.40. The molecule has 0 saturated heterocycles. The normalized spacial score (nSPS) is 25.7. The molecule has 2 nitrogen and oxygen atoms in total. The van der Waals surface area contributed by atoms with Crippen molar-refractivity contribution < 1.29 is 4.21 Å². The second-order valence-electron chi connectivity index (χ2n) is 2.94. The molecule has 0 aromatic rings. The van der Waals surface area contributed by atoms with E-state index in [1.807, 2.05) is 0 Å². The van der Waals surface area contributed by atoms with Gasteiger partial charge >= 0.3 is 0 Å². The van der Waals surface area contributed by atoms with Crippen LogP contribution in [0.1, 0.15) is 38.5 Å². The highest BCUT2D eigenvalue weighted by atomic mass is 32.2. The first-order valence-corrected chi connectivity index (χ1v) is 5.23. The highest BCUT2D eigenvalue weighted by Gasteiger charge is 2.15. The third-order valence-corrected chi connectivity index (χ3v) is 3.26. The van der Waals surface area contributed by atoms with E-state index >= 15 is 0 Å². The molecule has 0 unspecified atom stereocenters. The molecule has 1 fully saturated rings. The Hall–Kier alpha value is 0.110. The van der Waals surface area contributed by atoms with Crippen molar-refractivity contribution in [1.29, 1.82) is 0 Å². The Bertz CT molecular complexity index is 119.